The Morgan fingerprint density at radius 3 is 2.33 bits per heavy atom. The maximum Gasteiger partial charge on any atom is 0.0645 e. The second-order valence-corrected chi connectivity index (χ2v) is 5.18. The number of nitrogens with zero attached hydrogens (tertiary/aromatic N) is 2. The lowest BCUT2D eigenvalue weighted by molar-refractivity contribution is 0.651. The quantitative estimate of drug-likeness (QED) is 0.775. The second-order valence-electron chi connectivity index (χ2n) is 5.18. The third kappa shape index (κ3) is 3.38. The van der Waals surface area contributed by atoms with E-state index in [1.165, 1.54) is 5.56 Å². The summed E-state index contributed by atoms with van der Waals surface area (Å²) in [6.07, 6.45) is 5.79. The highest BCUT2D eigenvalue weighted by Gasteiger charge is 2.09. The molecule has 21 heavy (non-hydrogen) atoms. The van der Waals surface area contributed by atoms with Crippen molar-refractivity contribution in [3.8, 4) is 5.69 Å². The van der Waals surface area contributed by atoms with Crippen LogP contribution in [0.2, 0.25) is 0 Å². The summed E-state index contributed by atoms with van der Waals surface area (Å²) in [5, 5.41) is 4.40. The Morgan fingerprint density at radius 1 is 0.952 bits per heavy atom. The zero-order valence-electron chi connectivity index (χ0n) is 11.9. The summed E-state index contributed by atoms with van der Waals surface area (Å²) < 4.78 is 1.87. The first-order chi connectivity index (χ1) is 10.3. The smallest absolute Gasteiger partial charge is 0.0645 e. The summed E-state index contributed by atoms with van der Waals surface area (Å²) in [5.41, 5.74) is 9.74. The molecule has 1 heterocycles. The number of hydrogen-bond donors (Lipinski definition) is 1. The fraction of sp³-hybridized carbons (Fsp3) is 0.167. The monoisotopic (exact) mass is 277 g/mol. The van der Waals surface area contributed by atoms with Crippen molar-refractivity contribution in [3.63, 3.8) is 0 Å². The van der Waals surface area contributed by atoms with Crippen molar-refractivity contribution in [3.05, 3.63) is 84.2 Å². The average molecular weight is 277 g/mol. The Balaban J connectivity index is 1.66. The predicted molar refractivity (Wildman–Crippen MR) is 85.3 cm³/mol. The van der Waals surface area contributed by atoms with Crippen molar-refractivity contribution in [2.45, 2.75) is 18.9 Å². The van der Waals surface area contributed by atoms with Crippen LogP contribution >= 0.6 is 0 Å². The summed E-state index contributed by atoms with van der Waals surface area (Å²) >= 11 is 0. The largest absolute Gasteiger partial charge is 0.324 e. The van der Waals surface area contributed by atoms with Crippen LogP contribution in [-0.4, -0.2) is 9.78 Å². The number of aryl methyl sites for hydroxylation is 1. The molecule has 0 saturated heterocycles. The van der Waals surface area contributed by atoms with Gasteiger partial charge in [-0.1, -0.05) is 48.5 Å². The van der Waals surface area contributed by atoms with E-state index in [1.54, 1.807) is 0 Å². The number of rotatable bonds is 5. The van der Waals surface area contributed by atoms with Gasteiger partial charge in [0.25, 0.3) is 0 Å². The maximum absolute atomic E-state index is 6.28. The van der Waals surface area contributed by atoms with E-state index >= 15 is 0 Å². The highest BCUT2D eigenvalue weighted by molar-refractivity contribution is 5.31. The van der Waals surface area contributed by atoms with Gasteiger partial charge < -0.3 is 5.73 Å². The van der Waals surface area contributed by atoms with Crippen LogP contribution in [0.15, 0.2) is 73.1 Å². The van der Waals surface area contributed by atoms with E-state index in [0.717, 1.165) is 24.1 Å². The summed E-state index contributed by atoms with van der Waals surface area (Å²) in [6, 6.07) is 20.5. The van der Waals surface area contributed by atoms with E-state index in [2.05, 4.69) is 29.4 Å². The van der Waals surface area contributed by atoms with Crippen molar-refractivity contribution in [2.75, 3.05) is 0 Å². The minimum atomic E-state index is 0.0164. The normalized spacial score (nSPS) is 12.2. The first-order valence-corrected chi connectivity index (χ1v) is 7.22. The summed E-state index contributed by atoms with van der Waals surface area (Å²) in [7, 11) is 0. The van der Waals surface area contributed by atoms with Gasteiger partial charge in [-0.05, 0) is 30.5 Å². The number of nitrogens with two attached hydrogens (primary N) is 1. The standard InChI is InChI=1S/C18H19N3/c19-18(12-11-15-7-3-1-4-8-15)16-13-20-21(14-16)17-9-5-2-6-10-17/h1-10,13-14,18H,11-12,19H2. The first kappa shape index (κ1) is 13.6. The van der Waals surface area contributed by atoms with E-state index in [0.29, 0.717) is 0 Å². The molecule has 0 spiro atoms. The van der Waals surface area contributed by atoms with Crippen LogP contribution in [0.5, 0.6) is 0 Å². The molecule has 106 valence electrons. The van der Waals surface area contributed by atoms with Crippen molar-refractivity contribution >= 4 is 0 Å². The molecule has 0 aliphatic carbocycles. The molecule has 3 heteroatoms. The van der Waals surface area contributed by atoms with Gasteiger partial charge in [-0.2, -0.15) is 5.10 Å². The summed E-state index contributed by atoms with van der Waals surface area (Å²) in [5.74, 6) is 0. The Bertz CT molecular complexity index is 674. The molecule has 0 amide bonds. The summed E-state index contributed by atoms with van der Waals surface area (Å²) in [4.78, 5) is 0. The van der Waals surface area contributed by atoms with E-state index in [1.807, 2.05) is 53.5 Å². The van der Waals surface area contributed by atoms with E-state index in [-0.39, 0.29) is 6.04 Å². The third-order valence-electron chi connectivity index (χ3n) is 3.64. The molecule has 0 radical (unpaired) electrons. The number of benzene rings is 2. The van der Waals surface area contributed by atoms with Gasteiger partial charge in [0.15, 0.2) is 0 Å². The molecule has 3 rings (SSSR count). The lowest BCUT2D eigenvalue weighted by atomic mass is 10.0. The molecule has 3 nitrogen and oxygen atoms in total. The molecule has 0 aliphatic heterocycles. The number of aromatic nitrogens is 2. The lowest BCUT2D eigenvalue weighted by Crippen LogP contribution is -2.10. The Kier molecular flexibility index (Phi) is 4.12. The van der Waals surface area contributed by atoms with Gasteiger partial charge in [0.1, 0.15) is 0 Å². The molecule has 2 aromatic carbocycles. The zero-order chi connectivity index (χ0) is 14.5. The highest BCUT2D eigenvalue weighted by atomic mass is 15.3. The zero-order valence-corrected chi connectivity index (χ0v) is 11.9. The van der Waals surface area contributed by atoms with E-state index in [4.69, 9.17) is 5.73 Å². The molecule has 1 atom stereocenters. The van der Waals surface area contributed by atoms with Gasteiger partial charge in [0.05, 0.1) is 11.9 Å². The van der Waals surface area contributed by atoms with Crippen molar-refractivity contribution in [2.24, 2.45) is 5.73 Å². The molecule has 2 N–H and O–H groups in total. The van der Waals surface area contributed by atoms with Crippen LogP contribution in [0.25, 0.3) is 5.69 Å². The Labute approximate surface area is 125 Å². The average Bonchev–Trinajstić information content (AvgIpc) is 3.04. The molecule has 3 aromatic rings. The van der Waals surface area contributed by atoms with Crippen LogP contribution in [-0.2, 0) is 6.42 Å². The van der Waals surface area contributed by atoms with Crippen LogP contribution in [0, 0.1) is 0 Å². The Morgan fingerprint density at radius 2 is 1.62 bits per heavy atom. The van der Waals surface area contributed by atoms with Gasteiger partial charge in [-0.15, -0.1) is 0 Å². The molecule has 0 bridgehead atoms. The molecular formula is C18H19N3. The highest BCUT2D eigenvalue weighted by Crippen LogP contribution is 2.17. The van der Waals surface area contributed by atoms with Gasteiger partial charge >= 0.3 is 0 Å². The minimum absolute atomic E-state index is 0.0164. The van der Waals surface area contributed by atoms with Crippen molar-refractivity contribution in [1.29, 1.82) is 0 Å². The first-order valence-electron chi connectivity index (χ1n) is 7.22. The van der Waals surface area contributed by atoms with Gasteiger partial charge in [0.2, 0.25) is 0 Å². The van der Waals surface area contributed by atoms with Crippen LogP contribution in [0.4, 0.5) is 0 Å². The number of para-hydroxylation sites is 1. The van der Waals surface area contributed by atoms with E-state index < -0.39 is 0 Å². The summed E-state index contributed by atoms with van der Waals surface area (Å²) in [6.45, 7) is 0. The topological polar surface area (TPSA) is 43.8 Å². The fourth-order valence-electron chi connectivity index (χ4n) is 2.38. The molecule has 1 unspecified atom stereocenters. The van der Waals surface area contributed by atoms with Crippen LogP contribution in [0.1, 0.15) is 23.6 Å². The van der Waals surface area contributed by atoms with Gasteiger partial charge in [-0.25, -0.2) is 4.68 Å². The minimum Gasteiger partial charge on any atom is -0.324 e. The van der Waals surface area contributed by atoms with Gasteiger partial charge in [-0.3, -0.25) is 0 Å². The molecule has 1 aromatic heterocycles. The third-order valence-corrected chi connectivity index (χ3v) is 3.64. The molecule has 0 fully saturated rings. The Hall–Kier alpha value is -2.39. The van der Waals surface area contributed by atoms with E-state index in [9.17, 15) is 0 Å². The second kappa shape index (κ2) is 6.37. The molecule has 0 aliphatic rings. The molecular weight excluding hydrogens is 258 g/mol. The fourth-order valence-corrected chi connectivity index (χ4v) is 2.38. The SMILES string of the molecule is NC(CCc1ccccc1)c1cnn(-c2ccccc2)c1. The van der Waals surface area contributed by atoms with Crippen molar-refractivity contribution in [1.82, 2.24) is 9.78 Å². The van der Waals surface area contributed by atoms with Gasteiger partial charge in [0, 0.05) is 17.8 Å². The molecule has 0 saturated carbocycles. The maximum atomic E-state index is 6.28. The lowest BCUT2D eigenvalue weighted by Gasteiger charge is -2.09. The van der Waals surface area contributed by atoms with Crippen molar-refractivity contribution < 1.29 is 0 Å². The van der Waals surface area contributed by atoms with Crippen LogP contribution < -0.4 is 5.73 Å². The van der Waals surface area contributed by atoms with Crippen LogP contribution in [0.3, 0.4) is 0 Å². The number of hydrogen-bond acceptors (Lipinski definition) is 2. The predicted octanol–water partition coefficient (Wildman–Crippen LogP) is 3.50.